The molecular formula is C16H18N2O2. The van der Waals surface area contributed by atoms with Gasteiger partial charge in [0.2, 0.25) is 5.91 Å². The van der Waals surface area contributed by atoms with Gasteiger partial charge in [0.15, 0.2) is 5.75 Å². The summed E-state index contributed by atoms with van der Waals surface area (Å²) in [4.78, 5) is 11.2. The van der Waals surface area contributed by atoms with E-state index in [4.69, 9.17) is 10.5 Å². The van der Waals surface area contributed by atoms with E-state index in [1.165, 1.54) is 6.92 Å². The van der Waals surface area contributed by atoms with Crippen molar-refractivity contribution in [1.29, 1.82) is 0 Å². The minimum absolute atomic E-state index is 0.126. The van der Waals surface area contributed by atoms with Gasteiger partial charge in [0.25, 0.3) is 0 Å². The number of carbonyl (C=O) groups is 1. The molecular weight excluding hydrogens is 252 g/mol. The zero-order chi connectivity index (χ0) is 14.5. The Morgan fingerprint density at radius 2 is 1.70 bits per heavy atom. The second-order valence-electron chi connectivity index (χ2n) is 4.61. The first-order valence-electron chi connectivity index (χ1n) is 6.47. The van der Waals surface area contributed by atoms with Crippen molar-refractivity contribution in [2.45, 2.75) is 19.9 Å². The Bertz CT molecular complexity index is 609. The molecule has 3 N–H and O–H groups in total. The third kappa shape index (κ3) is 3.36. The van der Waals surface area contributed by atoms with E-state index in [-0.39, 0.29) is 11.9 Å². The molecule has 4 heteroatoms. The van der Waals surface area contributed by atoms with Crippen LogP contribution in [0.4, 0.5) is 5.69 Å². The van der Waals surface area contributed by atoms with Gasteiger partial charge in [-0.3, -0.25) is 4.79 Å². The predicted molar refractivity (Wildman–Crippen MR) is 79.9 cm³/mol. The van der Waals surface area contributed by atoms with E-state index in [1.54, 1.807) is 6.07 Å². The lowest BCUT2D eigenvalue weighted by molar-refractivity contribution is -0.114. The number of rotatable bonds is 4. The molecule has 4 nitrogen and oxygen atoms in total. The SMILES string of the molecule is CC(=O)Nc1ccccc1Oc1ccccc1[C@@H](C)N. The van der Waals surface area contributed by atoms with Crippen molar-refractivity contribution in [3.8, 4) is 11.5 Å². The highest BCUT2D eigenvalue weighted by molar-refractivity contribution is 5.90. The zero-order valence-electron chi connectivity index (χ0n) is 11.6. The van der Waals surface area contributed by atoms with Gasteiger partial charge in [0, 0.05) is 18.5 Å². The Kier molecular flexibility index (Phi) is 4.38. The van der Waals surface area contributed by atoms with Crippen molar-refractivity contribution in [2.75, 3.05) is 5.32 Å². The number of anilines is 1. The number of carbonyl (C=O) groups excluding carboxylic acids is 1. The minimum Gasteiger partial charge on any atom is -0.455 e. The Labute approximate surface area is 118 Å². The summed E-state index contributed by atoms with van der Waals surface area (Å²) in [7, 11) is 0. The van der Waals surface area contributed by atoms with Gasteiger partial charge in [-0.15, -0.1) is 0 Å². The van der Waals surface area contributed by atoms with Crippen LogP contribution in [0.15, 0.2) is 48.5 Å². The van der Waals surface area contributed by atoms with Gasteiger partial charge in [0.1, 0.15) is 5.75 Å². The Balaban J connectivity index is 2.33. The maximum atomic E-state index is 11.2. The molecule has 0 fully saturated rings. The molecule has 1 atom stereocenters. The molecule has 0 spiro atoms. The van der Waals surface area contributed by atoms with Gasteiger partial charge >= 0.3 is 0 Å². The topological polar surface area (TPSA) is 64.3 Å². The van der Waals surface area contributed by atoms with E-state index in [0.29, 0.717) is 17.2 Å². The molecule has 0 unspecified atom stereocenters. The molecule has 2 aromatic carbocycles. The molecule has 0 aliphatic rings. The van der Waals surface area contributed by atoms with E-state index < -0.39 is 0 Å². The summed E-state index contributed by atoms with van der Waals surface area (Å²) < 4.78 is 5.91. The lowest BCUT2D eigenvalue weighted by Crippen LogP contribution is -2.08. The maximum Gasteiger partial charge on any atom is 0.221 e. The van der Waals surface area contributed by atoms with Gasteiger partial charge < -0.3 is 15.8 Å². The first kappa shape index (κ1) is 14.1. The molecule has 0 radical (unpaired) electrons. The zero-order valence-corrected chi connectivity index (χ0v) is 11.6. The molecule has 0 bridgehead atoms. The molecule has 2 rings (SSSR count). The quantitative estimate of drug-likeness (QED) is 0.894. The van der Waals surface area contributed by atoms with Gasteiger partial charge in [-0.25, -0.2) is 0 Å². The van der Waals surface area contributed by atoms with E-state index in [1.807, 2.05) is 49.4 Å². The number of nitrogens with one attached hydrogen (secondary N) is 1. The van der Waals surface area contributed by atoms with Crippen molar-refractivity contribution >= 4 is 11.6 Å². The highest BCUT2D eigenvalue weighted by Gasteiger charge is 2.10. The second-order valence-corrected chi connectivity index (χ2v) is 4.61. The molecule has 1 amide bonds. The van der Waals surface area contributed by atoms with Crippen LogP contribution in [0.5, 0.6) is 11.5 Å². The van der Waals surface area contributed by atoms with Crippen molar-refractivity contribution in [3.63, 3.8) is 0 Å². The summed E-state index contributed by atoms with van der Waals surface area (Å²) in [6, 6.07) is 14.8. The van der Waals surface area contributed by atoms with Gasteiger partial charge in [-0.1, -0.05) is 30.3 Å². The fraction of sp³-hybridized carbons (Fsp3) is 0.188. The van der Waals surface area contributed by atoms with E-state index in [9.17, 15) is 4.79 Å². The van der Waals surface area contributed by atoms with Gasteiger partial charge in [0.05, 0.1) is 5.69 Å². The lowest BCUT2D eigenvalue weighted by Gasteiger charge is -2.15. The van der Waals surface area contributed by atoms with Gasteiger partial charge in [-0.2, -0.15) is 0 Å². The normalized spacial score (nSPS) is 11.8. The highest BCUT2D eigenvalue weighted by atomic mass is 16.5. The smallest absolute Gasteiger partial charge is 0.221 e. The van der Waals surface area contributed by atoms with Crippen LogP contribution in [-0.4, -0.2) is 5.91 Å². The number of hydrogen-bond acceptors (Lipinski definition) is 3. The number of amides is 1. The monoisotopic (exact) mass is 270 g/mol. The van der Waals surface area contributed by atoms with E-state index >= 15 is 0 Å². The Morgan fingerprint density at radius 3 is 2.35 bits per heavy atom. The molecule has 0 saturated carbocycles. The Morgan fingerprint density at radius 1 is 1.10 bits per heavy atom. The summed E-state index contributed by atoms with van der Waals surface area (Å²) in [5.41, 5.74) is 7.50. The lowest BCUT2D eigenvalue weighted by atomic mass is 10.1. The van der Waals surface area contributed by atoms with Crippen molar-refractivity contribution in [1.82, 2.24) is 0 Å². The second kappa shape index (κ2) is 6.21. The third-order valence-electron chi connectivity index (χ3n) is 2.83. The van der Waals surface area contributed by atoms with Crippen LogP contribution in [0.3, 0.4) is 0 Å². The van der Waals surface area contributed by atoms with Crippen molar-refractivity contribution < 1.29 is 9.53 Å². The first-order valence-corrected chi connectivity index (χ1v) is 6.47. The van der Waals surface area contributed by atoms with Crippen molar-refractivity contribution in [2.24, 2.45) is 5.73 Å². The molecule has 0 aliphatic heterocycles. The molecule has 0 saturated heterocycles. The largest absolute Gasteiger partial charge is 0.455 e. The van der Waals surface area contributed by atoms with E-state index in [2.05, 4.69) is 5.32 Å². The standard InChI is InChI=1S/C16H18N2O2/c1-11(17)13-7-3-5-9-15(13)20-16-10-6-4-8-14(16)18-12(2)19/h3-11H,17H2,1-2H3,(H,18,19)/t11-/m1/s1. The molecule has 0 aromatic heterocycles. The summed E-state index contributed by atoms with van der Waals surface area (Å²) >= 11 is 0. The molecule has 0 aliphatic carbocycles. The molecule has 0 heterocycles. The summed E-state index contributed by atoms with van der Waals surface area (Å²) in [6.07, 6.45) is 0. The average Bonchev–Trinajstić information content (AvgIpc) is 2.41. The third-order valence-corrected chi connectivity index (χ3v) is 2.83. The number of para-hydroxylation sites is 3. The summed E-state index contributed by atoms with van der Waals surface area (Å²) in [5, 5.41) is 2.75. The maximum absolute atomic E-state index is 11.2. The van der Waals surface area contributed by atoms with E-state index in [0.717, 1.165) is 5.56 Å². The molecule has 20 heavy (non-hydrogen) atoms. The number of benzene rings is 2. The summed E-state index contributed by atoms with van der Waals surface area (Å²) in [6.45, 7) is 3.37. The fourth-order valence-corrected chi connectivity index (χ4v) is 1.92. The number of ether oxygens (including phenoxy) is 1. The molecule has 104 valence electrons. The van der Waals surface area contributed by atoms with Crippen LogP contribution < -0.4 is 15.8 Å². The van der Waals surface area contributed by atoms with Crippen LogP contribution in [0, 0.1) is 0 Å². The van der Waals surface area contributed by atoms with Crippen LogP contribution in [0.25, 0.3) is 0 Å². The van der Waals surface area contributed by atoms with Gasteiger partial charge in [-0.05, 0) is 25.1 Å². The van der Waals surface area contributed by atoms with Crippen LogP contribution in [0.2, 0.25) is 0 Å². The number of nitrogens with two attached hydrogens (primary N) is 1. The Hall–Kier alpha value is -2.33. The summed E-state index contributed by atoms with van der Waals surface area (Å²) in [5.74, 6) is 1.15. The van der Waals surface area contributed by atoms with Crippen LogP contribution in [-0.2, 0) is 4.79 Å². The van der Waals surface area contributed by atoms with Crippen molar-refractivity contribution in [3.05, 3.63) is 54.1 Å². The average molecular weight is 270 g/mol. The minimum atomic E-state index is -0.137. The highest BCUT2D eigenvalue weighted by Crippen LogP contribution is 2.32. The van der Waals surface area contributed by atoms with Crippen LogP contribution >= 0.6 is 0 Å². The fourth-order valence-electron chi connectivity index (χ4n) is 1.92. The molecule has 2 aromatic rings. The number of hydrogen-bond donors (Lipinski definition) is 2. The predicted octanol–water partition coefficient (Wildman–Crippen LogP) is 3.46. The van der Waals surface area contributed by atoms with Crippen LogP contribution in [0.1, 0.15) is 25.5 Å². The first-order chi connectivity index (χ1) is 9.58.